The molecular formula is C17H21NO3. The largest absolute Gasteiger partial charge is 0.497 e. The van der Waals surface area contributed by atoms with E-state index in [0.29, 0.717) is 5.75 Å². The second-order valence-corrected chi connectivity index (χ2v) is 4.94. The summed E-state index contributed by atoms with van der Waals surface area (Å²) in [6.45, 7) is 1.83. The summed E-state index contributed by atoms with van der Waals surface area (Å²) in [6.07, 6.45) is -0.312. The van der Waals surface area contributed by atoms with Crippen LogP contribution in [0.2, 0.25) is 0 Å². The van der Waals surface area contributed by atoms with Crippen molar-refractivity contribution in [1.82, 2.24) is 0 Å². The van der Waals surface area contributed by atoms with Crippen LogP contribution < -0.4 is 15.2 Å². The fraction of sp³-hybridized carbons (Fsp3) is 0.294. The first-order chi connectivity index (χ1) is 10.2. The number of para-hydroxylation sites is 1. The van der Waals surface area contributed by atoms with E-state index in [4.69, 9.17) is 15.2 Å². The number of nitrogens with two attached hydrogens (primary N) is 1. The molecule has 0 aliphatic carbocycles. The minimum Gasteiger partial charge on any atom is -0.497 e. The topological polar surface area (TPSA) is 64.7 Å². The van der Waals surface area contributed by atoms with Gasteiger partial charge >= 0.3 is 0 Å². The van der Waals surface area contributed by atoms with Gasteiger partial charge in [-0.15, -0.1) is 0 Å². The number of aliphatic hydroxyl groups excluding tert-OH is 1. The Morgan fingerprint density at radius 3 is 2.57 bits per heavy atom. The maximum Gasteiger partial charge on any atom is 0.139 e. The number of ether oxygens (including phenoxy) is 2. The van der Waals surface area contributed by atoms with Crippen molar-refractivity contribution < 1.29 is 14.6 Å². The Hall–Kier alpha value is -2.04. The molecule has 0 spiro atoms. The fourth-order valence-electron chi connectivity index (χ4n) is 2.18. The van der Waals surface area contributed by atoms with Gasteiger partial charge in [-0.2, -0.15) is 0 Å². The summed E-state index contributed by atoms with van der Waals surface area (Å²) in [7, 11) is 1.63. The molecule has 0 bridgehead atoms. The molecule has 21 heavy (non-hydrogen) atoms. The van der Waals surface area contributed by atoms with E-state index in [1.807, 2.05) is 55.5 Å². The molecule has 0 aliphatic heterocycles. The van der Waals surface area contributed by atoms with Crippen LogP contribution in [-0.2, 0) is 6.61 Å². The minimum absolute atomic E-state index is 0.0695. The lowest BCUT2D eigenvalue weighted by Gasteiger charge is -2.24. The molecule has 2 rings (SSSR count). The maximum atomic E-state index is 9.39. The highest BCUT2D eigenvalue weighted by molar-refractivity contribution is 5.35. The van der Waals surface area contributed by atoms with Crippen LogP contribution in [0.5, 0.6) is 11.5 Å². The number of hydrogen-bond donors (Lipinski definition) is 2. The van der Waals surface area contributed by atoms with Crippen molar-refractivity contribution in [3.05, 3.63) is 59.7 Å². The molecule has 2 unspecified atom stereocenters. The molecule has 0 saturated carbocycles. The molecule has 2 aromatic rings. The van der Waals surface area contributed by atoms with Crippen molar-refractivity contribution in [2.45, 2.75) is 25.7 Å². The van der Waals surface area contributed by atoms with Crippen molar-refractivity contribution in [2.24, 2.45) is 5.73 Å². The zero-order valence-corrected chi connectivity index (χ0v) is 12.3. The monoisotopic (exact) mass is 287 g/mol. The van der Waals surface area contributed by atoms with E-state index in [-0.39, 0.29) is 18.8 Å². The first kappa shape index (κ1) is 15.4. The minimum atomic E-state index is -0.312. The van der Waals surface area contributed by atoms with Crippen LogP contribution >= 0.6 is 0 Å². The molecule has 0 aromatic heterocycles. The lowest BCUT2D eigenvalue weighted by molar-refractivity contribution is 0.173. The summed E-state index contributed by atoms with van der Waals surface area (Å²) in [5, 5.41) is 9.39. The highest BCUT2D eigenvalue weighted by Gasteiger charge is 2.20. The van der Waals surface area contributed by atoms with Crippen LogP contribution in [0.1, 0.15) is 24.2 Å². The fourth-order valence-corrected chi connectivity index (χ4v) is 2.18. The van der Waals surface area contributed by atoms with Crippen molar-refractivity contribution in [2.75, 3.05) is 7.11 Å². The average Bonchev–Trinajstić information content (AvgIpc) is 2.52. The van der Waals surface area contributed by atoms with Crippen LogP contribution in [-0.4, -0.2) is 18.3 Å². The second-order valence-electron chi connectivity index (χ2n) is 4.94. The van der Waals surface area contributed by atoms with Gasteiger partial charge in [-0.1, -0.05) is 30.3 Å². The average molecular weight is 287 g/mol. The van der Waals surface area contributed by atoms with Crippen molar-refractivity contribution in [3.8, 4) is 11.5 Å². The van der Waals surface area contributed by atoms with E-state index in [0.717, 1.165) is 16.9 Å². The number of methoxy groups -OCH3 is 1. The summed E-state index contributed by atoms with van der Waals surface area (Å²) in [5.41, 5.74) is 7.75. The molecule has 0 aliphatic rings. The third-order valence-electron chi connectivity index (χ3n) is 3.30. The number of aliphatic hydroxyl groups is 1. The van der Waals surface area contributed by atoms with Crippen molar-refractivity contribution >= 4 is 0 Å². The van der Waals surface area contributed by atoms with E-state index >= 15 is 0 Å². The maximum absolute atomic E-state index is 9.39. The molecule has 4 heteroatoms. The number of rotatable bonds is 6. The summed E-state index contributed by atoms with van der Waals surface area (Å²) < 4.78 is 11.3. The zero-order valence-electron chi connectivity index (χ0n) is 12.3. The highest BCUT2D eigenvalue weighted by atomic mass is 16.5. The predicted octanol–water partition coefficient (Wildman–Crippen LogP) is 2.65. The number of hydrogen-bond acceptors (Lipinski definition) is 4. The molecule has 0 heterocycles. The Labute approximate surface area is 125 Å². The van der Waals surface area contributed by atoms with Gasteiger partial charge in [-0.3, -0.25) is 0 Å². The van der Waals surface area contributed by atoms with Crippen molar-refractivity contribution in [1.29, 1.82) is 0 Å². The molecular weight excluding hydrogens is 266 g/mol. The Morgan fingerprint density at radius 2 is 1.90 bits per heavy atom. The molecule has 112 valence electrons. The summed E-state index contributed by atoms with van der Waals surface area (Å²) >= 11 is 0. The normalized spacial score (nSPS) is 13.5. The molecule has 0 saturated heterocycles. The van der Waals surface area contributed by atoms with E-state index < -0.39 is 0 Å². The van der Waals surface area contributed by atoms with Gasteiger partial charge in [0.25, 0.3) is 0 Å². The van der Waals surface area contributed by atoms with E-state index in [1.165, 1.54) is 0 Å². The summed E-state index contributed by atoms with van der Waals surface area (Å²) in [4.78, 5) is 0. The Morgan fingerprint density at radius 1 is 1.14 bits per heavy atom. The lowest BCUT2D eigenvalue weighted by atomic mass is 10.0. The third kappa shape index (κ3) is 3.74. The van der Waals surface area contributed by atoms with Crippen LogP contribution in [0.4, 0.5) is 0 Å². The lowest BCUT2D eigenvalue weighted by Crippen LogP contribution is -2.29. The first-order valence-corrected chi connectivity index (χ1v) is 6.90. The van der Waals surface area contributed by atoms with Gasteiger partial charge in [0, 0.05) is 11.6 Å². The second kappa shape index (κ2) is 7.11. The molecule has 0 radical (unpaired) electrons. The van der Waals surface area contributed by atoms with Crippen LogP contribution in [0.3, 0.4) is 0 Å². The van der Waals surface area contributed by atoms with Gasteiger partial charge < -0.3 is 20.3 Å². The summed E-state index contributed by atoms with van der Waals surface area (Å²) in [5.74, 6) is 1.40. The van der Waals surface area contributed by atoms with Gasteiger partial charge in [-0.25, -0.2) is 0 Å². The SMILES string of the molecule is COc1cccc(C(Oc2ccccc2CO)C(C)N)c1. The zero-order chi connectivity index (χ0) is 15.2. The molecule has 0 amide bonds. The van der Waals surface area contributed by atoms with Gasteiger partial charge in [0.2, 0.25) is 0 Å². The molecule has 4 nitrogen and oxygen atoms in total. The molecule has 3 N–H and O–H groups in total. The van der Waals surface area contributed by atoms with Gasteiger partial charge in [0.1, 0.15) is 17.6 Å². The molecule has 2 atom stereocenters. The van der Waals surface area contributed by atoms with E-state index in [1.54, 1.807) is 7.11 Å². The Bertz CT molecular complexity index is 584. The van der Waals surface area contributed by atoms with E-state index in [2.05, 4.69) is 0 Å². The standard InChI is InChI=1S/C17H21NO3/c1-12(18)17(13-7-5-8-15(10-13)20-2)21-16-9-4-3-6-14(16)11-19/h3-10,12,17,19H,11,18H2,1-2H3. The quantitative estimate of drug-likeness (QED) is 0.857. The Balaban J connectivity index is 2.31. The summed E-state index contributed by atoms with van der Waals surface area (Å²) in [6, 6.07) is 14.9. The van der Waals surface area contributed by atoms with Crippen LogP contribution in [0.15, 0.2) is 48.5 Å². The highest BCUT2D eigenvalue weighted by Crippen LogP contribution is 2.28. The van der Waals surface area contributed by atoms with Gasteiger partial charge in [0.05, 0.1) is 13.7 Å². The smallest absolute Gasteiger partial charge is 0.139 e. The van der Waals surface area contributed by atoms with Gasteiger partial charge in [0.15, 0.2) is 0 Å². The van der Waals surface area contributed by atoms with Crippen LogP contribution in [0.25, 0.3) is 0 Å². The van der Waals surface area contributed by atoms with Crippen LogP contribution in [0, 0.1) is 0 Å². The Kier molecular flexibility index (Phi) is 5.20. The predicted molar refractivity (Wildman–Crippen MR) is 82.4 cm³/mol. The molecule has 0 fully saturated rings. The van der Waals surface area contributed by atoms with E-state index in [9.17, 15) is 5.11 Å². The third-order valence-corrected chi connectivity index (χ3v) is 3.30. The first-order valence-electron chi connectivity index (χ1n) is 6.90. The number of benzene rings is 2. The van der Waals surface area contributed by atoms with Gasteiger partial charge in [-0.05, 0) is 30.7 Å². The molecule has 2 aromatic carbocycles. The van der Waals surface area contributed by atoms with Crippen molar-refractivity contribution in [3.63, 3.8) is 0 Å².